The minimum absolute atomic E-state index is 0.178. The van der Waals surface area contributed by atoms with Gasteiger partial charge in [0.05, 0.1) is 0 Å². The monoisotopic (exact) mass is 280 g/mol. The van der Waals surface area contributed by atoms with E-state index in [-0.39, 0.29) is 5.82 Å². The third-order valence-electron chi connectivity index (χ3n) is 4.00. The average molecular weight is 280 g/mol. The van der Waals surface area contributed by atoms with E-state index in [2.05, 4.69) is 24.2 Å². The van der Waals surface area contributed by atoms with Crippen molar-refractivity contribution in [3.05, 3.63) is 29.6 Å². The van der Waals surface area contributed by atoms with Gasteiger partial charge >= 0.3 is 0 Å². The molecular formula is C15H21FN2S. The molecule has 0 spiro atoms. The Bertz CT molecular complexity index is 481. The molecule has 104 valence electrons. The third kappa shape index (κ3) is 3.30. The maximum absolute atomic E-state index is 13.5. The van der Waals surface area contributed by atoms with Gasteiger partial charge < -0.3 is 5.32 Å². The molecule has 0 saturated heterocycles. The first-order valence-corrected chi connectivity index (χ1v) is 7.77. The van der Waals surface area contributed by atoms with Crippen LogP contribution in [0.15, 0.2) is 23.2 Å². The van der Waals surface area contributed by atoms with Gasteiger partial charge in [-0.25, -0.2) is 4.39 Å². The lowest BCUT2D eigenvalue weighted by atomic mass is 9.84. The maximum Gasteiger partial charge on any atom is 0.161 e. The van der Waals surface area contributed by atoms with E-state index in [4.69, 9.17) is 0 Å². The molecule has 0 bridgehead atoms. The second-order valence-electron chi connectivity index (χ2n) is 5.21. The molecule has 1 aromatic carbocycles. The zero-order chi connectivity index (χ0) is 13.9. The maximum atomic E-state index is 13.5. The molecule has 2 nitrogen and oxygen atoms in total. The Morgan fingerprint density at radius 1 is 1.37 bits per heavy atom. The van der Waals surface area contributed by atoms with Crippen LogP contribution >= 0.6 is 11.8 Å². The summed E-state index contributed by atoms with van der Waals surface area (Å²) in [6.45, 7) is 7.09. The van der Waals surface area contributed by atoms with Gasteiger partial charge in [-0.2, -0.15) is 0 Å². The number of nitrogens with one attached hydrogen (secondary N) is 1. The number of amidine groups is 1. The topological polar surface area (TPSA) is 24.4 Å². The van der Waals surface area contributed by atoms with Crippen LogP contribution in [0.1, 0.15) is 32.3 Å². The Morgan fingerprint density at radius 2 is 2.11 bits per heavy atom. The van der Waals surface area contributed by atoms with Crippen LogP contribution in [0, 0.1) is 18.2 Å². The largest absolute Gasteiger partial charge is 0.335 e. The number of anilines is 1. The molecule has 1 aliphatic heterocycles. The summed E-state index contributed by atoms with van der Waals surface area (Å²) in [4.78, 5) is 4.62. The Hall–Kier alpha value is -1.03. The highest BCUT2D eigenvalue weighted by molar-refractivity contribution is 8.14. The first kappa shape index (κ1) is 14.4. The van der Waals surface area contributed by atoms with Crippen molar-refractivity contribution in [2.75, 3.05) is 17.6 Å². The number of hydrogen-bond donors (Lipinski definition) is 1. The molecule has 0 amide bonds. The van der Waals surface area contributed by atoms with Gasteiger partial charge in [0.15, 0.2) is 5.17 Å². The normalized spacial score (nSPS) is 18.0. The Balaban J connectivity index is 2.05. The van der Waals surface area contributed by atoms with Gasteiger partial charge in [-0.05, 0) is 42.9 Å². The van der Waals surface area contributed by atoms with Crippen LogP contribution in [0.3, 0.4) is 0 Å². The molecule has 0 aliphatic carbocycles. The van der Waals surface area contributed by atoms with Gasteiger partial charge in [-0.1, -0.05) is 31.7 Å². The Labute approximate surface area is 118 Å². The van der Waals surface area contributed by atoms with E-state index in [1.807, 2.05) is 6.07 Å². The van der Waals surface area contributed by atoms with E-state index in [0.717, 1.165) is 36.0 Å². The number of thioether (sulfide) groups is 1. The number of aliphatic imine (C=N–C) groups is 1. The van der Waals surface area contributed by atoms with E-state index in [1.165, 1.54) is 6.07 Å². The quantitative estimate of drug-likeness (QED) is 0.884. The average Bonchev–Trinajstić information content (AvgIpc) is 2.44. The van der Waals surface area contributed by atoms with E-state index in [0.29, 0.717) is 11.0 Å². The fourth-order valence-electron chi connectivity index (χ4n) is 2.10. The van der Waals surface area contributed by atoms with E-state index in [9.17, 15) is 4.39 Å². The number of hydrogen-bond acceptors (Lipinski definition) is 3. The smallest absolute Gasteiger partial charge is 0.161 e. The molecule has 1 aromatic rings. The number of aryl methyl sites for hydroxylation is 1. The summed E-state index contributed by atoms with van der Waals surface area (Å²) in [5.74, 6) is 0.906. The third-order valence-corrected chi connectivity index (χ3v) is 5.26. The van der Waals surface area contributed by atoms with Crippen LogP contribution in [0.25, 0.3) is 0 Å². The molecular weight excluding hydrogens is 259 g/mol. The minimum atomic E-state index is -0.178. The Morgan fingerprint density at radius 3 is 2.63 bits per heavy atom. The summed E-state index contributed by atoms with van der Waals surface area (Å²) >= 11 is 1.74. The summed E-state index contributed by atoms with van der Waals surface area (Å²) in [5.41, 5.74) is 1.78. The number of rotatable bonds is 3. The van der Waals surface area contributed by atoms with E-state index < -0.39 is 0 Å². The Kier molecular flexibility index (Phi) is 4.50. The second kappa shape index (κ2) is 5.95. The summed E-state index contributed by atoms with van der Waals surface area (Å²) in [5, 5.41) is 4.11. The highest BCUT2D eigenvalue weighted by atomic mass is 32.2. The van der Waals surface area contributed by atoms with Crippen LogP contribution in [0.4, 0.5) is 10.1 Å². The van der Waals surface area contributed by atoms with Crippen molar-refractivity contribution in [2.45, 2.75) is 33.6 Å². The van der Waals surface area contributed by atoms with E-state index >= 15 is 0 Å². The summed E-state index contributed by atoms with van der Waals surface area (Å²) in [6, 6.07) is 5.21. The zero-order valence-corrected chi connectivity index (χ0v) is 12.6. The van der Waals surface area contributed by atoms with Crippen molar-refractivity contribution in [2.24, 2.45) is 10.4 Å². The summed E-state index contributed by atoms with van der Waals surface area (Å²) in [7, 11) is 0. The minimum Gasteiger partial charge on any atom is -0.335 e. The van der Waals surface area contributed by atoms with E-state index in [1.54, 1.807) is 24.8 Å². The standard InChI is InChI=1S/C15H21FN2S/c1-4-15(5-2)9-17-14(19-10-15)18-12-7-6-11(3)13(16)8-12/h6-8H,4-5,9-10H2,1-3H3,(H,17,18). The molecule has 1 heterocycles. The zero-order valence-electron chi connectivity index (χ0n) is 11.8. The van der Waals surface area contributed by atoms with Gasteiger partial charge in [0.1, 0.15) is 5.82 Å². The van der Waals surface area contributed by atoms with Crippen molar-refractivity contribution in [3.8, 4) is 0 Å². The van der Waals surface area contributed by atoms with Gasteiger partial charge in [-0.15, -0.1) is 0 Å². The van der Waals surface area contributed by atoms with Crippen LogP contribution in [-0.2, 0) is 0 Å². The van der Waals surface area contributed by atoms with Gasteiger partial charge in [0.2, 0.25) is 0 Å². The van der Waals surface area contributed by atoms with Crippen LogP contribution in [-0.4, -0.2) is 17.5 Å². The first-order chi connectivity index (χ1) is 9.08. The molecule has 1 N–H and O–H groups in total. The molecule has 0 atom stereocenters. The molecule has 0 radical (unpaired) electrons. The van der Waals surface area contributed by atoms with Gasteiger partial charge in [0.25, 0.3) is 0 Å². The predicted molar refractivity (Wildman–Crippen MR) is 82.5 cm³/mol. The number of halogens is 1. The molecule has 19 heavy (non-hydrogen) atoms. The lowest BCUT2D eigenvalue weighted by Gasteiger charge is -2.33. The molecule has 0 unspecified atom stereocenters. The molecule has 0 aromatic heterocycles. The molecule has 1 aliphatic rings. The number of nitrogens with zero attached hydrogens (tertiary/aromatic N) is 1. The fourth-order valence-corrected chi connectivity index (χ4v) is 3.39. The summed E-state index contributed by atoms with van der Waals surface area (Å²) < 4.78 is 13.5. The SMILES string of the molecule is CCC1(CC)CN=C(Nc2ccc(C)c(F)c2)SC1. The number of benzene rings is 1. The lowest BCUT2D eigenvalue weighted by Crippen LogP contribution is -2.32. The van der Waals surface area contributed by atoms with Crippen LogP contribution in [0.5, 0.6) is 0 Å². The van der Waals surface area contributed by atoms with Crippen LogP contribution < -0.4 is 5.32 Å². The molecule has 0 saturated carbocycles. The van der Waals surface area contributed by atoms with Gasteiger partial charge in [0, 0.05) is 18.0 Å². The van der Waals surface area contributed by atoms with Crippen molar-refractivity contribution in [1.29, 1.82) is 0 Å². The molecule has 2 rings (SSSR count). The van der Waals surface area contributed by atoms with Crippen molar-refractivity contribution in [3.63, 3.8) is 0 Å². The van der Waals surface area contributed by atoms with Crippen molar-refractivity contribution >= 4 is 22.6 Å². The molecule has 4 heteroatoms. The van der Waals surface area contributed by atoms with Crippen molar-refractivity contribution < 1.29 is 4.39 Å². The first-order valence-electron chi connectivity index (χ1n) is 6.79. The van der Waals surface area contributed by atoms with Gasteiger partial charge in [-0.3, -0.25) is 4.99 Å². The second-order valence-corrected chi connectivity index (χ2v) is 6.17. The lowest BCUT2D eigenvalue weighted by molar-refractivity contribution is 0.318. The highest BCUT2D eigenvalue weighted by Gasteiger charge is 2.30. The fraction of sp³-hybridized carbons (Fsp3) is 0.533. The summed E-state index contributed by atoms with van der Waals surface area (Å²) in [6.07, 6.45) is 2.32. The predicted octanol–water partition coefficient (Wildman–Crippen LogP) is 4.46. The van der Waals surface area contributed by atoms with Crippen molar-refractivity contribution in [1.82, 2.24) is 0 Å². The van der Waals surface area contributed by atoms with Crippen LogP contribution in [0.2, 0.25) is 0 Å². The molecule has 0 fully saturated rings. The highest BCUT2D eigenvalue weighted by Crippen LogP contribution is 2.35.